The van der Waals surface area contributed by atoms with Gasteiger partial charge in [-0.1, -0.05) is 28.9 Å². The lowest BCUT2D eigenvalue weighted by Gasteiger charge is -2.19. The second-order valence-electron chi connectivity index (χ2n) is 3.92. The Morgan fingerprint density at radius 3 is 2.94 bits per heavy atom. The van der Waals surface area contributed by atoms with Crippen LogP contribution in [0.5, 0.6) is 0 Å². The van der Waals surface area contributed by atoms with Crippen molar-refractivity contribution < 1.29 is 4.39 Å². The molecular weight excluding hydrogens is 315 g/mol. The monoisotopic (exact) mass is 328 g/mol. The molecule has 18 heavy (non-hydrogen) atoms. The first-order chi connectivity index (χ1) is 8.72. The molecule has 0 radical (unpaired) electrons. The first-order valence-electron chi connectivity index (χ1n) is 5.77. The molecule has 2 nitrogen and oxygen atoms in total. The summed E-state index contributed by atoms with van der Waals surface area (Å²) in [5.74, 6) is -0.181. The number of aromatic nitrogens is 1. The molecule has 1 aromatic heterocycles. The highest BCUT2D eigenvalue weighted by Gasteiger charge is 2.18. The van der Waals surface area contributed by atoms with E-state index in [2.05, 4.69) is 26.2 Å². The van der Waals surface area contributed by atoms with E-state index in [9.17, 15) is 4.39 Å². The molecule has 5 heteroatoms. The number of thiazole rings is 1. The molecule has 96 valence electrons. The highest BCUT2D eigenvalue weighted by molar-refractivity contribution is 9.10. The van der Waals surface area contributed by atoms with E-state index >= 15 is 0 Å². The van der Waals surface area contributed by atoms with Crippen molar-refractivity contribution in [2.45, 2.75) is 19.4 Å². The third-order valence-electron chi connectivity index (χ3n) is 2.69. The molecule has 2 rings (SSSR count). The van der Waals surface area contributed by atoms with Crippen LogP contribution in [0.1, 0.15) is 23.4 Å². The number of halogens is 2. The summed E-state index contributed by atoms with van der Waals surface area (Å²) in [6.45, 7) is 2.82. The second-order valence-corrected chi connectivity index (χ2v) is 5.74. The molecule has 1 N–H and O–H groups in total. The van der Waals surface area contributed by atoms with Crippen LogP contribution in [0.2, 0.25) is 0 Å². The molecule has 0 saturated carbocycles. The first-order valence-corrected chi connectivity index (χ1v) is 7.44. The Kier molecular flexibility index (Phi) is 4.86. The fourth-order valence-corrected chi connectivity index (χ4v) is 3.17. The van der Waals surface area contributed by atoms with E-state index in [0.717, 1.165) is 22.3 Å². The van der Waals surface area contributed by atoms with E-state index in [1.807, 2.05) is 19.2 Å². The minimum absolute atomic E-state index is 0.0361. The predicted molar refractivity (Wildman–Crippen MR) is 76.3 cm³/mol. The van der Waals surface area contributed by atoms with Gasteiger partial charge in [0.1, 0.15) is 5.82 Å². The van der Waals surface area contributed by atoms with Gasteiger partial charge in [0.25, 0.3) is 0 Å². The van der Waals surface area contributed by atoms with E-state index in [0.29, 0.717) is 5.56 Å². The van der Waals surface area contributed by atoms with Crippen LogP contribution in [0.25, 0.3) is 0 Å². The van der Waals surface area contributed by atoms with Crippen molar-refractivity contribution in [3.8, 4) is 0 Å². The molecule has 0 aliphatic heterocycles. The van der Waals surface area contributed by atoms with Crippen LogP contribution in [0.3, 0.4) is 0 Å². The van der Waals surface area contributed by atoms with Gasteiger partial charge in [-0.15, -0.1) is 11.3 Å². The minimum atomic E-state index is -0.181. The molecule has 1 atom stereocenters. The molecular formula is C13H14BrFN2S. The lowest BCUT2D eigenvalue weighted by Crippen LogP contribution is -2.24. The van der Waals surface area contributed by atoms with Gasteiger partial charge in [0.05, 0.1) is 5.51 Å². The quantitative estimate of drug-likeness (QED) is 0.899. The van der Waals surface area contributed by atoms with E-state index in [-0.39, 0.29) is 11.9 Å². The lowest BCUT2D eigenvalue weighted by atomic mass is 10.0. The van der Waals surface area contributed by atoms with Gasteiger partial charge in [0.2, 0.25) is 0 Å². The van der Waals surface area contributed by atoms with E-state index in [1.54, 1.807) is 22.9 Å². The summed E-state index contributed by atoms with van der Waals surface area (Å²) in [4.78, 5) is 5.21. The number of hydrogen-bond acceptors (Lipinski definition) is 3. The largest absolute Gasteiger partial charge is 0.310 e. The smallest absolute Gasteiger partial charge is 0.129 e. The topological polar surface area (TPSA) is 24.9 Å². The van der Waals surface area contributed by atoms with Crippen molar-refractivity contribution in [2.75, 3.05) is 6.54 Å². The number of rotatable bonds is 5. The Labute approximate surface area is 118 Å². The molecule has 0 aliphatic rings. The number of hydrogen-bond donors (Lipinski definition) is 1. The van der Waals surface area contributed by atoms with E-state index in [1.165, 1.54) is 6.07 Å². The summed E-state index contributed by atoms with van der Waals surface area (Å²) in [6.07, 6.45) is 2.59. The van der Waals surface area contributed by atoms with Gasteiger partial charge in [-0.2, -0.15) is 0 Å². The fraction of sp³-hybridized carbons (Fsp3) is 0.308. The van der Waals surface area contributed by atoms with Gasteiger partial charge in [0.15, 0.2) is 0 Å². The third-order valence-corrected chi connectivity index (χ3v) is 4.18. The maximum atomic E-state index is 14.0. The van der Waals surface area contributed by atoms with Gasteiger partial charge in [-0.25, -0.2) is 4.39 Å². The molecule has 0 fully saturated rings. The zero-order valence-corrected chi connectivity index (χ0v) is 12.4. The summed E-state index contributed by atoms with van der Waals surface area (Å²) >= 11 is 5.02. The second kappa shape index (κ2) is 6.41. The van der Waals surface area contributed by atoms with Crippen molar-refractivity contribution in [1.82, 2.24) is 10.3 Å². The zero-order chi connectivity index (χ0) is 13.0. The summed E-state index contributed by atoms with van der Waals surface area (Å²) < 4.78 is 14.8. The highest BCUT2D eigenvalue weighted by atomic mass is 79.9. The summed E-state index contributed by atoms with van der Waals surface area (Å²) in [5, 5.41) is 3.33. The van der Waals surface area contributed by atoms with Crippen LogP contribution in [-0.4, -0.2) is 11.5 Å². The van der Waals surface area contributed by atoms with Crippen molar-refractivity contribution >= 4 is 27.3 Å². The predicted octanol–water partition coefficient (Wildman–Crippen LogP) is 3.94. The molecule has 0 saturated heterocycles. The molecule has 0 amide bonds. The fourth-order valence-electron chi connectivity index (χ4n) is 1.91. The van der Waals surface area contributed by atoms with Crippen LogP contribution in [-0.2, 0) is 6.42 Å². The first kappa shape index (κ1) is 13.6. The normalized spacial score (nSPS) is 12.6. The Morgan fingerprint density at radius 1 is 1.50 bits per heavy atom. The van der Waals surface area contributed by atoms with Crippen molar-refractivity contribution in [3.63, 3.8) is 0 Å². The van der Waals surface area contributed by atoms with Crippen molar-refractivity contribution in [2.24, 2.45) is 0 Å². The average molecular weight is 329 g/mol. The lowest BCUT2D eigenvalue weighted by molar-refractivity contribution is 0.510. The van der Waals surface area contributed by atoms with Crippen LogP contribution >= 0.6 is 27.3 Å². The van der Waals surface area contributed by atoms with E-state index in [4.69, 9.17) is 0 Å². The SMILES string of the molecule is CCNC(Cc1cncs1)c1c(F)cccc1Br. The van der Waals surface area contributed by atoms with Crippen molar-refractivity contribution in [1.29, 1.82) is 0 Å². The van der Waals surface area contributed by atoms with E-state index < -0.39 is 0 Å². The van der Waals surface area contributed by atoms with Gasteiger partial charge in [-0.05, 0) is 18.7 Å². The molecule has 1 heterocycles. The third kappa shape index (κ3) is 3.16. The number of nitrogens with zero attached hydrogens (tertiary/aromatic N) is 1. The molecule has 1 aromatic carbocycles. The van der Waals surface area contributed by atoms with Crippen LogP contribution in [0, 0.1) is 5.82 Å². The maximum absolute atomic E-state index is 14.0. The van der Waals surface area contributed by atoms with Gasteiger partial charge < -0.3 is 5.32 Å². The van der Waals surface area contributed by atoms with Gasteiger partial charge in [-0.3, -0.25) is 4.98 Å². The minimum Gasteiger partial charge on any atom is -0.310 e. The Hall–Kier alpha value is -0.780. The number of nitrogens with one attached hydrogen (secondary N) is 1. The maximum Gasteiger partial charge on any atom is 0.129 e. The number of likely N-dealkylation sites (N-methyl/N-ethyl adjacent to an activating group) is 1. The van der Waals surface area contributed by atoms with Gasteiger partial charge in [0, 0.05) is 33.6 Å². The molecule has 2 aromatic rings. The van der Waals surface area contributed by atoms with Crippen LogP contribution < -0.4 is 5.32 Å². The van der Waals surface area contributed by atoms with Crippen molar-refractivity contribution in [3.05, 3.63) is 50.6 Å². The highest BCUT2D eigenvalue weighted by Crippen LogP contribution is 2.29. The average Bonchev–Trinajstić information content (AvgIpc) is 2.82. The molecule has 0 aliphatic carbocycles. The standard InChI is InChI=1S/C13H14BrFN2S/c1-2-17-12(6-9-7-16-8-18-9)13-10(14)4-3-5-11(13)15/h3-5,7-8,12,17H,2,6H2,1H3. The number of benzene rings is 1. The summed E-state index contributed by atoms with van der Waals surface area (Å²) in [5.41, 5.74) is 2.49. The van der Waals surface area contributed by atoms with Crippen LogP contribution in [0.4, 0.5) is 4.39 Å². The molecule has 1 unspecified atom stereocenters. The Morgan fingerprint density at radius 2 is 2.33 bits per heavy atom. The molecule has 0 spiro atoms. The molecule has 0 bridgehead atoms. The Balaban J connectivity index is 2.29. The zero-order valence-electron chi connectivity index (χ0n) is 9.99. The summed E-state index contributed by atoms with van der Waals surface area (Å²) in [7, 11) is 0. The van der Waals surface area contributed by atoms with Crippen LogP contribution in [0.15, 0.2) is 34.4 Å². The Bertz CT molecular complexity index is 481. The van der Waals surface area contributed by atoms with Gasteiger partial charge >= 0.3 is 0 Å². The summed E-state index contributed by atoms with van der Waals surface area (Å²) in [6, 6.07) is 5.04.